The molecule has 1 aliphatic carbocycles. The van der Waals surface area contributed by atoms with Gasteiger partial charge in [-0.3, -0.25) is 14.5 Å². The van der Waals surface area contributed by atoms with Crippen LogP contribution in [-0.2, 0) is 16.1 Å². The van der Waals surface area contributed by atoms with Gasteiger partial charge in [-0.15, -0.1) is 0 Å². The minimum Gasteiger partial charge on any atom is -0.352 e. The van der Waals surface area contributed by atoms with Crippen molar-refractivity contribution in [2.45, 2.75) is 44.3 Å². The van der Waals surface area contributed by atoms with Gasteiger partial charge in [0.15, 0.2) is 0 Å². The van der Waals surface area contributed by atoms with E-state index in [0.29, 0.717) is 18.2 Å². The second kappa shape index (κ2) is 7.08. The van der Waals surface area contributed by atoms with Crippen LogP contribution in [0.15, 0.2) is 24.3 Å². The lowest BCUT2D eigenvalue weighted by Gasteiger charge is -2.23. The van der Waals surface area contributed by atoms with E-state index in [1.54, 1.807) is 18.2 Å². The van der Waals surface area contributed by atoms with Crippen LogP contribution in [0.5, 0.6) is 0 Å². The van der Waals surface area contributed by atoms with Crippen molar-refractivity contribution < 1.29 is 14.0 Å². The molecule has 1 saturated carbocycles. The number of nitrogens with one attached hydrogen (secondary N) is 2. The Balaban J connectivity index is 1.52. The van der Waals surface area contributed by atoms with Crippen LogP contribution in [-0.4, -0.2) is 41.9 Å². The second-order valence-corrected chi connectivity index (χ2v) is 6.28. The van der Waals surface area contributed by atoms with Gasteiger partial charge in [0.05, 0.1) is 12.6 Å². The largest absolute Gasteiger partial charge is 0.352 e. The molecule has 2 N–H and O–H groups in total. The average molecular weight is 319 g/mol. The first kappa shape index (κ1) is 15.9. The molecule has 2 amide bonds. The lowest BCUT2D eigenvalue weighted by atomic mass is 10.1. The first-order chi connectivity index (χ1) is 11.1. The number of hydrogen-bond donors (Lipinski definition) is 2. The van der Waals surface area contributed by atoms with Crippen LogP contribution in [0.1, 0.15) is 31.2 Å². The quantitative estimate of drug-likeness (QED) is 0.828. The van der Waals surface area contributed by atoms with Crippen LogP contribution >= 0.6 is 0 Å². The Kier molecular flexibility index (Phi) is 4.91. The molecule has 23 heavy (non-hydrogen) atoms. The summed E-state index contributed by atoms with van der Waals surface area (Å²) in [6, 6.07) is 6.64. The van der Waals surface area contributed by atoms with Crippen molar-refractivity contribution in [1.82, 2.24) is 15.5 Å². The van der Waals surface area contributed by atoms with Crippen LogP contribution < -0.4 is 10.6 Å². The Morgan fingerprint density at radius 3 is 2.74 bits per heavy atom. The molecular formula is C17H22FN3O2. The van der Waals surface area contributed by atoms with Crippen molar-refractivity contribution in [3.63, 3.8) is 0 Å². The van der Waals surface area contributed by atoms with E-state index < -0.39 is 0 Å². The number of amides is 2. The molecule has 1 aliphatic heterocycles. The summed E-state index contributed by atoms with van der Waals surface area (Å²) in [6.45, 7) is 1.19. The first-order valence-corrected chi connectivity index (χ1v) is 8.18. The third-order valence-corrected chi connectivity index (χ3v) is 4.36. The van der Waals surface area contributed by atoms with E-state index in [0.717, 1.165) is 32.2 Å². The van der Waals surface area contributed by atoms with Gasteiger partial charge in [0, 0.05) is 18.2 Å². The normalized spacial score (nSPS) is 21.2. The molecule has 2 fully saturated rings. The molecule has 1 saturated heterocycles. The molecule has 124 valence electrons. The number of carbonyl (C=O) groups excluding carboxylic acids is 2. The highest BCUT2D eigenvalue weighted by Crippen LogP contribution is 2.21. The molecule has 1 aromatic rings. The lowest BCUT2D eigenvalue weighted by molar-refractivity contribution is -0.129. The number of nitrogens with zero attached hydrogens (tertiary/aromatic N) is 1. The molecule has 1 aromatic carbocycles. The maximum Gasteiger partial charge on any atom is 0.239 e. The predicted octanol–water partition coefficient (Wildman–Crippen LogP) is 1.18. The van der Waals surface area contributed by atoms with Crippen molar-refractivity contribution in [3.05, 3.63) is 35.6 Å². The Morgan fingerprint density at radius 2 is 2.00 bits per heavy atom. The molecule has 6 heteroatoms. The van der Waals surface area contributed by atoms with Crippen molar-refractivity contribution >= 4 is 11.8 Å². The molecule has 0 radical (unpaired) electrons. The summed E-state index contributed by atoms with van der Waals surface area (Å²) in [5.41, 5.74) is 0.596. The van der Waals surface area contributed by atoms with E-state index in [4.69, 9.17) is 0 Å². The van der Waals surface area contributed by atoms with Gasteiger partial charge in [0.2, 0.25) is 11.8 Å². The predicted molar refractivity (Wildman–Crippen MR) is 84.0 cm³/mol. The second-order valence-electron chi connectivity index (χ2n) is 6.28. The SMILES string of the molecule is O=C(CNC(=O)C1CCCN1Cc1ccccc1F)NC1CC1. The molecule has 0 aromatic heterocycles. The summed E-state index contributed by atoms with van der Waals surface area (Å²) < 4.78 is 13.8. The maximum atomic E-state index is 13.8. The maximum absolute atomic E-state index is 13.8. The third kappa shape index (κ3) is 4.28. The van der Waals surface area contributed by atoms with E-state index in [-0.39, 0.29) is 30.2 Å². The van der Waals surface area contributed by atoms with Crippen molar-refractivity contribution in [2.75, 3.05) is 13.1 Å². The summed E-state index contributed by atoms with van der Waals surface area (Å²) in [5.74, 6) is -0.536. The fraction of sp³-hybridized carbons (Fsp3) is 0.529. The highest BCUT2D eigenvalue weighted by Gasteiger charge is 2.31. The highest BCUT2D eigenvalue weighted by molar-refractivity contribution is 5.87. The molecule has 0 spiro atoms. The van der Waals surface area contributed by atoms with Gasteiger partial charge >= 0.3 is 0 Å². The van der Waals surface area contributed by atoms with Gasteiger partial charge in [-0.25, -0.2) is 4.39 Å². The lowest BCUT2D eigenvalue weighted by Crippen LogP contribution is -2.46. The molecule has 2 aliphatic rings. The standard InChI is InChI=1S/C17H22FN3O2/c18-14-5-2-1-4-12(14)11-21-9-3-6-15(21)17(23)19-10-16(22)20-13-7-8-13/h1-2,4-5,13,15H,3,6-11H2,(H,19,23)(H,20,22). The number of benzene rings is 1. The Hall–Kier alpha value is -1.95. The van der Waals surface area contributed by atoms with Crippen LogP contribution in [0.25, 0.3) is 0 Å². The topological polar surface area (TPSA) is 61.4 Å². The monoisotopic (exact) mass is 319 g/mol. The van der Waals surface area contributed by atoms with E-state index in [1.165, 1.54) is 6.07 Å². The molecular weight excluding hydrogens is 297 g/mol. The van der Waals surface area contributed by atoms with Crippen LogP contribution in [0.3, 0.4) is 0 Å². The summed E-state index contributed by atoms with van der Waals surface area (Å²) >= 11 is 0. The number of halogens is 1. The Labute approximate surface area is 135 Å². The third-order valence-electron chi connectivity index (χ3n) is 4.36. The zero-order chi connectivity index (χ0) is 16.2. The summed E-state index contributed by atoms with van der Waals surface area (Å²) in [4.78, 5) is 25.9. The summed E-state index contributed by atoms with van der Waals surface area (Å²) in [7, 11) is 0. The molecule has 1 heterocycles. The van der Waals surface area contributed by atoms with E-state index in [2.05, 4.69) is 10.6 Å². The fourth-order valence-corrected chi connectivity index (χ4v) is 2.95. The molecule has 1 unspecified atom stereocenters. The molecule has 0 bridgehead atoms. The van der Waals surface area contributed by atoms with Gasteiger partial charge in [-0.2, -0.15) is 0 Å². The Morgan fingerprint density at radius 1 is 1.22 bits per heavy atom. The van der Waals surface area contributed by atoms with Crippen molar-refractivity contribution in [3.8, 4) is 0 Å². The van der Waals surface area contributed by atoms with Crippen molar-refractivity contribution in [1.29, 1.82) is 0 Å². The van der Waals surface area contributed by atoms with Crippen LogP contribution in [0, 0.1) is 5.82 Å². The summed E-state index contributed by atoms with van der Waals surface area (Å²) in [5, 5.41) is 5.54. The Bertz CT molecular complexity index is 589. The zero-order valence-corrected chi connectivity index (χ0v) is 13.1. The van der Waals surface area contributed by atoms with Gasteiger partial charge in [0.25, 0.3) is 0 Å². The van der Waals surface area contributed by atoms with Gasteiger partial charge < -0.3 is 10.6 Å². The molecule has 5 nitrogen and oxygen atoms in total. The number of rotatable bonds is 6. The highest BCUT2D eigenvalue weighted by atomic mass is 19.1. The molecule has 3 rings (SSSR count). The van der Waals surface area contributed by atoms with E-state index >= 15 is 0 Å². The van der Waals surface area contributed by atoms with Crippen molar-refractivity contribution in [2.24, 2.45) is 0 Å². The average Bonchev–Trinajstić information content (AvgIpc) is 3.22. The van der Waals surface area contributed by atoms with Gasteiger partial charge in [0.1, 0.15) is 5.82 Å². The van der Waals surface area contributed by atoms with Gasteiger partial charge in [-0.1, -0.05) is 18.2 Å². The van der Waals surface area contributed by atoms with Gasteiger partial charge in [-0.05, 0) is 38.3 Å². The minimum absolute atomic E-state index is 0.0133. The number of carbonyl (C=O) groups is 2. The fourth-order valence-electron chi connectivity index (χ4n) is 2.95. The van der Waals surface area contributed by atoms with Crippen LogP contribution in [0.4, 0.5) is 4.39 Å². The van der Waals surface area contributed by atoms with Crippen LogP contribution in [0.2, 0.25) is 0 Å². The first-order valence-electron chi connectivity index (χ1n) is 8.18. The zero-order valence-electron chi connectivity index (χ0n) is 13.1. The number of likely N-dealkylation sites (tertiary alicyclic amines) is 1. The summed E-state index contributed by atoms with van der Waals surface area (Å²) in [6.07, 6.45) is 3.70. The van der Waals surface area contributed by atoms with E-state index in [9.17, 15) is 14.0 Å². The minimum atomic E-state index is -0.289. The molecule has 1 atom stereocenters. The smallest absolute Gasteiger partial charge is 0.239 e. The van der Waals surface area contributed by atoms with E-state index in [1.807, 2.05) is 4.90 Å². The number of hydrogen-bond acceptors (Lipinski definition) is 3.